The molecule has 2 rings (SSSR count). The van der Waals surface area contributed by atoms with Crippen molar-refractivity contribution >= 4 is 5.91 Å². The normalized spacial score (nSPS) is 23.2. The molecule has 1 amide bonds. The van der Waals surface area contributed by atoms with Crippen LogP contribution in [0, 0.1) is 0 Å². The predicted molar refractivity (Wildman–Crippen MR) is 78.0 cm³/mol. The van der Waals surface area contributed by atoms with Gasteiger partial charge in [0.2, 0.25) is 5.91 Å². The first-order valence-electron chi connectivity index (χ1n) is 7.04. The number of hydrogen-bond acceptors (Lipinski definition) is 4. The van der Waals surface area contributed by atoms with Crippen molar-refractivity contribution < 1.29 is 9.53 Å². The van der Waals surface area contributed by atoms with Crippen LogP contribution in [0.5, 0.6) is 0 Å². The van der Waals surface area contributed by atoms with Gasteiger partial charge in [-0.25, -0.2) is 0 Å². The summed E-state index contributed by atoms with van der Waals surface area (Å²) < 4.78 is 5.49. The zero-order valence-corrected chi connectivity index (χ0v) is 11.9. The molecule has 5 nitrogen and oxygen atoms in total. The van der Waals surface area contributed by atoms with Gasteiger partial charge in [-0.15, -0.1) is 0 Å². The molecule has 2 atom stereocenters. The van der Waals surface area contributed by atoms with E-state index in [1.807, 2.05) is 30.3 Å². The number of hydrogen-bond donors (Lipinski definition) is 2. The van der Waals surface area contributed by atoms with Crippen LogP contribution in [-0.4, -0.2) is 43.2 Å². The van der Waals surface area contributed by atoms with Crippen molar-refractivity contribution in [2.24, 2.45) is 11.5 Å². The highest BCUT2D eigenvalue weighted by molar-refractivity contribution is 5.86. The van der Waals surface area contributed by atoms with Gasteiger partial charge >= 0.3 is 0 Å². The maximum Gasteiger partial charge on any atom is 0.243 e. The molecule has 5 heteroatoms. The van der Waals surface area contributed by atoms with Crippen LogP contribution in [0.4, 0.5) is 0 Å². The summed E-state index contributed by atoms with van der Waals surface area (Å²) in [6.45, 7) is 4.66. The number of rotatable bonds is 5. The minimum atomic E-state index is -1.16. The van der Waals surface area contributed by atoms with Crippen LogP contribution in [0.1, 0.15) is 18.9 Å². The molecule has 1 fully saturated rings. The van der Waals surface area contributed by atoms with E-state index in [2.05, 4.69) is 11.8 Å². The quantitative estimate of drug-likeness (QED) is 0.818. The fraction of sp³-hybridized carbons (Fsp3) is 0.533. The first-order valence-corrected chi connectivity index (χ1v) is 7.04. The Morgan fingerprint density at radius 2 is 2.15 bits per heavy atom. The Morgan fingerprint density at radius 1 is 1.45 bits per heavy atom. The lowest BCUT2D eigenvalue weighted by Crippen LogP contribution is -2.59. The van der Waals surface area contributed by atoms with E-state index in [-0.39, 0.29) is 6.04 Å². The molecule has 1 heterocycles. The summed E-state index contributed by atoms with van der Waals surface area (Å²) in [7, 11) is 0. The summed E-state index contributed by atoms with van der Waals surface area (Å²) in [6.07, 6.45) is 0.962. The van der Waals surface area contributed by atoms with E-state index in [4.69, 9.17) is 16.2 Å². The highest BCUT2D eigenvalue weighted by atomic mass is 16.5. The average molecular weight is 277 g/mol. The smallest absolute Gasteiger partial charge is 0.243 e. The third-order valence-electron chi connectivity index (χ3n) is 4.00. The molecule has 1 aliphatic rings. The number of nitrogens with zero attached hydrogens (tertiary/aromatic N) is 1. The molecule has 20 heavy (non-hydrogen) atoms. The molecule has 0 spiro atoms. The second-order valence-corrected chi connectivity index (χ2v) is 5.31. The third-order valence-corrected chi connectivity index (χ3v) is 4.00. The zero-order valence-electron chi connectivity index (χ0n) is 11.9. The average Bonchev–Trinajstić information content (AvgIpc) is 2.48. The van der Waals surface area contributed by atoms with Gasteiger partial charge < -0.3 is 16.2 Å². The monoisotopic (exact) mass is 277 g/mol. The van der Waals surface area contributed by atoms with Crippen molar-refractivity contribution in [2.45, 2.75) is 24.9 Å². The highest BCUT2D eigenvalue weighted by Crippen LogP contribution is 2.22. The van der Waals surface area contributed by atoms with Crippen molar-refractivity contribution in [2.75, 3.05) is 26.3 Å². The number of carbonyl (C=O) groups excluding carboxylic acids is 1. The van der Waals surface area contributed by atoms with Crippen molar-refractivity contribution in [3.63, 3.8) is 0 Å². The van der Waals surface area contributed by atoms with Gasteiger partial charge in [0.1, 0.15) is 5.54 Å². The van der Waals surface area contributed by atoms with E-state index in [0.29, 0.717) is 19.8 Å². The minimum absolute atomic E-state index is 0.287. The number of morpholine rings is 1. The van der Waals surface area contributed by atoms with Gasteiger partial charge in [0.25, 0.3) is 0 Å². The minimum Gasteiger partial charge on any atom is -0.378 e. The lowest BCUT2D eigenvalue weighted by Gasteiger charge is -2.40. The lowest BCUT2D eigenvalue weighted by atomic mass is 9.89. The molecular formula is C15H23N3O2. The standard InChI is InChI=1S/C15H23N3O2/c1-2-13-10-20-9-8-18(13)11-15(17,14(16)19)12-6-4-3-5-7-12/h3-7,13H,2,8-11,17H2,1H3,(H2,16,19). The topological polar surface area (TPSA) is 81.6 Å². The number of nitrogens with two attached hydrogens (primary N) is 2. The Morgan fingerprint density at radius 3 is 2.75 bits per heavy atom. The lowest BCUT2D eigenvalue weighted by molar-refractivity contribution is -0.125. The van der Waals surface area contributed by atoms with Crippen molar-refractivity contribution in [1.29, 1.82) is 0 Å². The molecule has 1 saturated heterocycles. The summed E-state index contributed by atoms with van der Waals surface area (Å²) in [6, 6.07) is 9.63. The van der Waals surface area contributed by atoms with E-state index in [1.165, 1.54) is 0 Å². The second-order valence-electron chi connectivity index (χ2n) is 5.31. The number of carbonyl (C=O) groups is 1. The van der Waals surface area contributed by atoms with Gasteiger partial charge in [0, 0.05) is 19.1 Å². The summed E-state index contributed by atoms with van der Waals surface area (Å²) in [5, 5.41) is 0. The van der Waals surface area contributed by atoms with Gasteiger partial charge in [0.15, 0.2) is 0 Å². The van der Waals surface area contributed by atoms with E-state index < -0.39 is 11.4 Å². The van der Waals surface area contributed by atoms with Gasteiger partial charge in [-0.3, -0.25) is 9.69 Å². The molecule has 110 valence electrons. The third kappa shape index (κ3) is 3.00. The Balaban J connectivity index is 2.23. The van der Waals surface area contributed by atoms with Crippen LogP contribution in [0.15, 0.2) is 30.3 Å². The van der Waals surface area contributed by atoms with Crippen LogP contribution in [-0.2, 0) is 15.1 Å². The molecule has 0 bridgehead atoms. The summed E-state index contributed by atoms with van der Waals surface area (Å²) in [4.78, 5) is 14.1. The zero-order chi connectivity index (χ0) is 14.6. The van der Waals surface area contributed by atoms with E-state index in [9.17, 15) is 4.79 Å². The molecular weight excluding hydrogens is 254 g/mol. The number of amides is 1. The van der Waals surface area contributed by atoms with E-state index in [1.54, 1.807) is 0 Å². The maximum atomic E-state index is 11.9. The molecule has 2 unspecified atom stereocenters. The molecule has 4 N–H and O–H groups in total. The van der Waals surface area contributed by atoms with Crippen molar-refractivity contribution in [1.82, 2.24) is 4.90 Å². The van der Waals surface area contributed by atoms with E-state index in [0.717, 1.165) is 18.5 Å². The van der Waals surface area contributed by atoms with Gasteiger partial charge in [-0.2, -0.15) is 0 Å². The number of benzene rings is 1. The SMILES string of the molecule is CCC1COCCN1CC(N)(C(N)=O)c1ccccc1. The largest absolute Gasteiger partial charge is 0.378 e. The van der Waals surface area contributed by atoms with Crippen LogP contribution in [0.2, 0.25) is 0 Å². The van der Waals surface area contributed by atoms with E-state index >= 15 is 0 Å². The maximum absolute atomic E-state index is 11.9. The summed E-state index contributed by atoms with van der Waals surface area (Å²) in [5.74, 6) is -0.495. The number of ether oxygens (including phenoxy) is 1. The molecule has 0 radical (unpaired) electrons. The Bertz CT molecular complexity index is 452. The highest BCUT2D eigenvalue weighted by Gasteiger charge is 2.38. The molecule has 1 aromatic rings. The first-order chi connectivity index (χ1) is 9.58. The Labute approximate surface area is 119 Å². The molecule has 1 aromatic carbocycles. The Kier molecular flexibility index (Phi) is 4.75. The summed E-state index contributed by atoms with van der Waals surface area (Å²) in [5.41, 5.74) is 11.5. The van der Waals surface area contributed by atoms with Crippen molar-refractivity contribution in [3.05, 3.63) is 35.9 Å². The fourth-order valence-corrected chi connectivity index (χ4v) is 2.64. The molecule has 0 saturated carbocycles. The predicted octanol–water partition coefficient (Wildman–Crippen LogP) is 0.437. The molecule has 0 aliphatic carbocycles. The second kappa shape index (κ2) is 6.35. The molecule has 0 aromatic heterocycles. The summed E-state index contributed by atoms with van der Waals surface area (Å²) >= 11 is 0. The number of primary amides is 1. The van der Waals surface area contributed by atoms with Crippen molar-refractivity contribution in [3.8, 4) is 0 Å². The van der Waals surface area contributed by atoms with Gasteiger partial charge in [0.05, 0.1) is 13.2 Å². The van der Waals surface area contributed by atoms with Crippen LogP contribution >= 0.6 is 0 Å². The van der Waals surface area contributed by atoms with Crippen LogP contribution in [0.25, 0.3) is 0 Å². The van der Waals surface area contributed by atoms with Crippen LogP contribution < -0.4 is 11.5 Å². The first kappa shape index (κ1) is 15.0. The van der Waals surface area contributed by atoms with Gasteiger partial charge in [-0.05, 0) is 12.0 Å². The van der Waals surface area contributed by atoms with Crippen LogP contribution in [0.3, 0.4) is 0 Å². The van der Waals surface area contributed by atoms with Gasteiger partial charge in [-0.1, -0.05) is 37.3 Å². The molecule has 1 aliphatic heterocycles. The fourth-order valence-electron chi connectivity index (χ4n) is 2.64. The Hall–Kier alpha value is -1.43.